The van der Waals surface area contributed by atoms with Crippen LogP contribution < -0.4 is 5.32 Å². The van der Waals surface area contributed by atoms with Gasteiger partial charge in [0.25, 0.3) is 0 Å². The average molecular weight is 270 g/mol. The van der Waals surface area contributed by atoms with Crippen LogP contribution in [0.5, 0.6) is 0 Å². The molecular weight excluding hydrogens is 248 g/mol. The Bertz CT molecular complexity index is 590. The Kier molecular flexibility index (Phi) is 4.61. The molecule has 1 unspecified atom stereocenters. The third-order valence-electron chi connectivity index (χ3n) is 3.58. The lowest BCUT2D eigenvalue weighted by atomic mass is 10.1. The summed E-state index contributed by atoms with van der Waals surface area (Å²) in [6.45, 7) is 7.42. The highest BCUT2D eigenvalue weighted by Gasteiger charge is 2.17. The van der Waals surface area contributed by atoms with Crippen LogP contribution in [0, 0.1) is 0 Å². The van der Waals surface area contributed by atoms with Crippen LogP contribution in [-0.4, -0.2) is 29.9 Å². The number of hydrogen-bond donors (Lipinski definition) is 1. The molecule has 0 aliphatic heterocycles. The number of anilines is 1. The van der Waals surface area contributed by atoms with Crippen LogP contribution >= 0.6 is 0 Å². The number of nitrogens with zero attached hydrogens (tertiary/aromatic N) is 1. The van der Waals surface area contributed by atoms with Gasteiger partial charge in [0.05, 0.1) is 0 Å². The normalized spacial score (nSPS) is 12.2. The Morgan fingerprint density at radius 3 is 2.40 bits per heavy atom. The predicted molar refractivity (Wildman–Crippen MR) is 85.0 cm³/mol. The lowest BCUT2D eigenvalue weighted by molar-refractivity contribution is -0.131. The second-order valence-corrected chi connectivity index (χ2v) is 4.94. The lowest BCUT2D eigenvalue weighted by Crippen LogP contribution is -2.41. The maximum atomic E-state index is 12.2. The summed E-state index contributed by atoms with van der Waals surface area (Å²) in [4.78, 5) is 14.1. The molecule has 0 aromatic heterocycles. The van der Waals surface area contributed by atoms with Gasteiger partial charge in [-0.05, 0) is 43.7 Å². The van der Waals surface area contributed by atoms with Crippen molar-refractivity contribution in [3.8, 4) is 0 Å². The molecule has 2 aromatic carbocycles. The van der Waals surface area contributed by atoms with E-state index in [9.17, 15) is 4.79 Å². The molecule has 0 radical (unpaired) electrons. The van der Waals surface area contributed by atoms with Crippen LogP contribution in [0.1, 0.15) is 20.8 Å². The van der Waals surface area contributed by atoms with Crippen LogP contribution in [-0.2, 0) is 4.79 Å². The molecule has 2 aromatic rings. The third-order valence-corrected chi connectivity index (χ3v) is 3.58. The summed E-state index contributed by atoms with van der Waals surface area (Å²) in [5.74, 6) is 0.142. The van der Waals surface area contributed by atoms with Gasteiger partial charge in [0.1, 0.15) is 6.04 Å². The molecule has 106 valence electrons. The van der Waals surface area contributed by atoms with E-state index in [-0.39, 0.29) is 11.9 Å². The molecule has 3 heteroatoms. The van der Waals surface area contributed by atoms with Gasteiger partial charge in [-0.3, -0.25) is 4.79 Å². The Morgan fingerprint density at radius 2 is 1.75 bits per heavy atom. The van der Waals surface area contributed by atoms with Crippen molar-refractivity contribution in [1.29, 1.82) is 0 Å². The van der Waals surface area contributed by atoms with Crippen molar-refractivity contribution < 1.29 is 4.79 Å². The Morgan fingerprint density at radius 1 is 1.10 bits per heavy atom. The predicted octanol–water partition coefficient (Wildman–Crippen LogP) is 3.51. The van der Waals surface area contributed by atoms with E-state index in [1.807, 2.05) is 43.9 Å². The zero-order valence-corrected chi connectivity index (χ0v) is 12.4. The quantitative estimate of drug-likeness (QED) is 0.901. The van der Waals surface area contributed by atoms with Crippen molar-refractivity contribution in [3.63, 3.8) is 0 Å². The number of carbonyl (C=O) groups is 1. The molecule has 1 amide bonds. The Hall–Kier alpha value is -2.03. The molecule has 0 aliphatic rings. The smallest absolute Gasteiger partial charge is 0.244 e. The van der Waals surface area contributed by atoms with Crippen molar-refractivity contribution in [2.24, 2.45) is 0 Å². The highest BCUT2D eigenvalue weighted by molar-refractivity contribution is 5.88. The fraction of sp³-hybridized carbons (Fsp3) is 0.353. The van der Waals surface area contributed by atoms with E-state index in [0.29, 0.717) is 0 Å². The fourth-order valence-corrected chi connectivity index (χ4v) is 2.40. The molecular formula is C17H22N2O. The molecule has 0 heterocycles. The van der Waals surface area contributed by atoms with Crippen LogP contribution in [0.25, 0.3) is 10.8 Å². The highest BCUT2D eigenvalue weighted by atomic mass is 16.2. The number of hydrogen-bond acceptors (Lipinski definition) is 2. The molecule has 0 saturated carbocycles. The fourth-order valence-electron chi connectivity index (χ4n) is 2.40. The van der Waals surface area contributed by atoms with Crippen molar-refractivity contribution in [3.05, 3.63) is 42.5 Å². The van der Waals surface area contributed by atoms with Crippen molar-refractivity contribution in [1.82, 2.24) is 4.90 Å². The molecule has 0 fully saturated rings. The SMILES string of the molecule is CCN(CC)C(=O)C(C)Nc1ccc2ccccc2c1. The minimum absolute atomic E-state index is 0.142. The molecule has 0 bridgehead atoms. The first-order valence-electron chi connectivity index (χ1n) is 7.19. The average Bonchev–Trinajstić information content (AvgIpc) is 2.48. The lowest BCUT2D eigenvalue weighted by Gasteiger charge is -2.24. The summed E-state index contributed by atoms with van der Waals surface area (Å²) >= 11 is 0. The topological polar surface area (TPSA) is 32.3 Å². The maximum Gasteiger partial charge on any atom is 0.244 e. The molecule has 1 N–H and O–H groups in total. The van der Waals surface area contributed by atoms with Gasteiger partial charge in [-0.25, -0.2) is 0 Å². The molecule has 2 rings (SSSR count). The minimum atomic E-state index is -0.212. The van der Waals surface area contributed by atoms with Gasteiger partial charge in [0.15, 0.2) is 0 Å². The van der Waals surface area contributed by atoms with Gasteiger partial charge in [-0.1, -0.05) is 30.3 Å². The first-order chi connectivity index (χ1) is 9.65. The summed E-state index contributed by atoms with van der Waals surface area (Å²) in [6, 6.07) is 14.2. The first-order valence-corrected chi connectivity index (χ1v) is 7.19. The molecule has 0 aliphatic carbocycles. The van der Waals surface area contributed by atoms with Crippen LogP contribution in [0.15, 0.2) is 42.5 Å². The Balaban J connectivity index is 2.13. The Labute approximate surface area is 120 Å². The van der Waals surface area contributed by atoms with Crippen molar-refractivity contribution >= 4 is 22.4 Å². The first kappa shape index (κ1) is 14.4. The van der Waals surface area contributed by atoms with Gasteiger partial charge in [0.2, 0.25) is 5.91 Å². The summed E-state index contributed by atoms with van der Waals surface area (Å²) in [5.41, 5.74) is 0.983. The summed E-state index contributed by atoms with van der Waals surface area (Å²) in [5, 5.41) is 5.68. The van der Waals surface area contributed by atoms with Gasteiger partial charge in [0, 0.05) is 18.8 Å². The minimum Gasteiger partial charge on any atom is -0.374 e. The van der Waals surface area contributed by atoms with Crippen molar-refractivity contribution in [2.45, 2.75) is 26.8 Å². The third kappa shape index (κ3) is 3.10. The number of likely N-dealkylation sites (N-methyl/N-ethyl adjacent to an activating group) is 1. The standard InChI is InChI=1S/C17H22N2O/c1-4-19(5-2)17(20)13(3)18-16-11-10-14-8-6-7-9-15(14)12-16/h6-13,18H,4-5H2,1-3H3. The van der Waals surface area contributed by atoms with E-state index in [1.54, 1.807) is 0 Å². The van der Waals surface area contributed by atoms with E-state index in [4.69, 9.17) is 0 Å². The largest absolute Gasteiger partial charge is 0.374 e. The second-order valence-electron chi connectivity index (χ2n) is 4.94. The second kappa shape index (κ2) is 6.42. The van der Waals surface area contributed by atoms with E-state index >= 15 is 0 Å². The maximum absolute atomic E-state index is 12.2. The molecule has 1 atom stereocenters. The van der Waals surface area contributed by atoms with E-state index in [0.717, 1.165) is 18.8 Å². The molecule has 3 nitrogen and oxygen atoms in total. The zero-order valence-electron chi connectivity index (χ0n) is 12.4. The van der Waals surface area contributed by atoms with Gasteiger partial charge in [-0.15, -0.1) is 0 Å². The van der Waals surface area contributed by atoms with Gasteiger partial charge in [-0.2, -0.15) is 0 Å². The molecule has 0 saturated heterocycles. The summed E-state index contributed by atoms with van der Waals surface area (Å²) < 4.78 is 0. The van der Waals surface area contributed by atoms with Crippen LogP contribution in [0.3, 0.4) is 0 Å². The summed E-state index contributed by atoms with van der Waals surface area (Å²) in [7, 11) is 0. The zero-order chi connectivity index (χ0) is 14.5. The number of nitrogens with one attached hydrogen (secondary N) is 1. The van der Waals surface area contributed by atoms with Crippen LogP contribution in [0.4, 0.5) is 5.69 Å². The number of carbonyl (C=O) groups excluding carboxylic acids is 1. The van der Waals surface area contributed by atoms with E-state index < -0.39 is 0 Å². The number of amides is 1. The van der Waals surface area contributed by atoms with E-state index in [2.05, 4.69) is 29.6 Å². The highest BCUT2D eigenvalue weighted by Crippen LogP contribution is 2.19. The molecule has 0 spiro atoms. The van der Waals surface area contributed by atoms with Crippen LogP contribution in [0.2, 0.25) is 0 Å². The number of rotatable bonds is 5. The summed E-state index contributed by atoms with van der Waals surface area (Å²) in [6.07, 6.45) is 0. The van der Waals surface area contributed by atoms with Crippen molar-refractivity contribution in [2.75, 3.05) is 18.4 Å². The van der Waals surface area contributed by atoms with Gasteiger partial charge >= 0.3 is 0 Å². The number of benzene rings is 2. The molecule has 20 heavy (non-hydrogen) atoms. The number of fused-ring (bicyclic) bond motifs is 1. The van der Waals surface area contributed by atoms with Gasteiger partial charge < -0.3 is 10.2 Å². The monoisotopic (exact) mass is 270 g/mol. The van der Waals surface area contributed by atoms with E-state index in [1.165, 1.54) is 10.8 Å².